The molecule has 31 heavy (non-hydrogen) atoms. The van der Waals surface area contributed by atoms with E-state index in [9.17, 15) is 0 Å². The van der Waals surface area contributed by atoms with E-state index >= 15 is 0 Å². The summed E-state index contributed by atoms with van der Waals surface area (Å²) in [7, 11) is 0. The van der Waals surface area contributed by atoms with Gasteiger partial charge in [0, 0.05) is 0 Å². The molecule has 3 heteroatoms. The summed E-state index contributed by atoms with van der Waals surface area (Å²) in [6.07, 6.45) is 0. The molecule has 0 aliphatic rings. The van der Waals surface area contributed by atoms with Gasteiger partial charge in [-0.05, 0) is 0 Å². The van der Waals surface area contributed by atoms with E-state index < -0.39 is 13.3 Å². The van der Waals surface area contributed by atoms with Crippen LogP contribution >= 0.6 is 0 Å². The van der Waals surface area contributed by atoms with Gasteiger partial charge in [-0.15, -0.1) is 0 Å². The zero-order valence-electron chi connectivity index (χ0n) is 20.0. The normalized spacial score (nSPS) is 9.00. The van der Waals surface area contributed by atoms with Gasteiger partial charge in [0.1, 0.15) is 0 Å². The Hall–Kier alpha value is -0.891. The number of benzene rings is 2. The molecule has 0 fully saturated rings. The predicted molar refractivity (Wildman–Crippen MR) is 141 cm³/mol. The van der Waals surface area contributed by atoms with E-state index in [1.54, 1.807) is 4.40 Å². The summed E-state index contributed by atoms with van der Waals surface area (Å²) in [6.45, 7) is 0. The SMILES string of the molecule is [CH3][Ge]([CH3])([CH3])[c-]1cccc1.[CH3][Ge]([CH3])[CH3].[Zr+4].[c-]1ccccc1.[c-]1ccccc1.c1cc[cH-]c1. The van der Waals surface area contributed by atoms with E-state index in [0.29, 0.717) is 0 Å². The van der Waals surface area contributed by atoms with Crippen LogP contribution in [0.5, 0.6) is 0 Å². The maximum absolute atomic E-state index is 2.89. The quantitative estimate of drug-likeness (QED) is 0.153. The molecule has 0 aromatic heterocycles. The van der Waals surface area contributed by atoms with Crippen LogP contribution in [0.25, 0.3) is 0 Å². The molecule has 0 heterocycles. The topological polar surface area (TPSA) is 0 Å². The van der Waals surface area contributed by atoms with E-state index in [-0.39, 0.29) is 40.6 Å². The summed E-state index contributed by atoms with van der Waals surface area (Å²) in [5.74, 6) is 14.2. The fourth-order valence-electron chi connectivity index (χ4n) is 1.88. The zero-order valence-corrected chi connectivity index (χ0v) is 26.6. The van der Waals surface area contributed by atoms with E-state index in [4.69, 9.17) is 0 Å². The van der Waals surface area contributed by atoms with Gasteiger partial charge in [-0.2, -0.15) is 91.0 Å². The van der Waals surface area contributed by atoms with Crippen molar-refractivity contribution in [2.75, 3.05) is 0 Å². The minimum atomic E-state index is -1.44. The third-order valence-corrected chi connectivity index (χ3v) is 7.63. The van der Waals surface area contributed by atoms with E-state index in [1.165, 1.54) is 0 Å². The van der Waals surface area contributed by atoms with Crippen LogP contribution in [0.3, 0.4) is 0 Å². The fraction of sp³-hybridized carbons (Fsp3) is 0.214. The van der Waals surface area contributed by atoms with Gasteiger partial charge < -0.3 is 0 Å². The predicted octanol–water partition coefficient (Wildman–Crippen LogP) is 7.70. The van der Waals surface area contributed by atoms with Crippen LogP contribution in [0.1, 0.15) is 0 Å². The van der Waals surface area contributed by atoms with Crippen LogP contribution in [0.15, 0.2) is 115 Å². The standard InChI is InChI=1S/C8H13Ge.2C6H5.C5H5.C3H9Ge.Zr/c1-9(2,3)8-6-4-5-7-8;2*1-2-4-6-5-3-1;1-2-4-5-3-1;1-4(2)3;/h4-7H,1-3H3;2*1-5H;1-5H;1-3H3;/q4*-1;;+4. The third kappa shape index (κ3) is 25.2. The molecule has 0 unspecified atom stereocenters. The maximum atomic E-state index is 2.89. The van der Waals surface area contributed by atoms with Crippen molar-refractivity contribution in [3.8, 4) is 0 Å². The summed E-state index contributed by atoms with van der Waals surface area (Å²) < 4.78 is 1.61. The summed E-state index contributed by atoms with van der Waals surface area (Å²) in [4.78, 5) is 0. The Morgan fingerprint density at radius 3 is 1.10 bits per heavy atom. The molecule has 0 N–H and O–H groups in total. The Morgan fingerprint density at radius 1 is 0.613 bits per heavy atom. The van der Waals surface area contributed by atoms with Crippen molar-refractivity contribution in [3.05, 3.63) is 127 Å². The summed E-state index contributed by atoms with van der Waals surface area (Å²) >= 11 is -1.77. The summed E-state index contributed by atoms with van der Waals surface area (Å²) in [6, 6.07) is 43.8. The Labute approximate surface area is 218 Å². The van der Waals surface area contributed by atoms with Crippen LogP contribution < -0.4 is 4.40 Å². The average Bonchev–Trinajstić information content (AvgIpc) is 3.48. The molecule has 1 radical (unpaired) electrons. The van der Waals surface area contributed by atoms with Crippen molar-refractivity contribution in [2.24, 2.45) is 0 Å². The maximum Gasteiger partial charge on any atom is 4.00 e. The fourth-order valence-corrected chi connectivity index (χ4v) is 4.38. The molecule has 0 amide bonds. The third-order valence-electron chi connectivity index (χ3n) is 3.30. The first-order valence-electron chi connectivity index (χ1n) is 10.3. The molecule has 0 aliphatic carbocycles. The summed E-state index contributed by atoms with van der Waals surface area (Å²) in [5, 5.41) is 0. The minimum Gasteiger partial charge on any atom is -0.214 e. The largest absolute Gasteiger partial charge is 4.00 e. The van der Waals surface area contributed by atoms with Gasteiger partial charge in [-0.3, -0.25) is 0 Å². The van der Waals surface area contributed by atoms with E-state index in [2.05, 4.69) is 70.9 Å². The van der Waals surface area contributed by atoms with Crippen molar-refractivity contribution in [2.45, 2.75) is 34.5 Å². The minimum absolute atomic E-state index is 0. The van der Waals surface area contributed by atoms with E-state index in [0.717, 1.165) is 0 Å². The van der Waals surface area contributed by atoms with Crippen LogP contribution in [0, 0.1) is 12.1 Å². The number of hydrogen-bond acceptors (Lipinski definition) is 0. The van der Waals surface area contributed by atoms with Crippen LogP contribution in [0.4, 0.5) is 0 Å². The van der Waals surface area contributed by atoms with Crippen LogP contribution in [-0.4, -0.2) is 27.6 Å². The molecule has 4 aromatic rings. The van der Waals surface area contributed by atoms with Gasteiger partial charge in [-0.25, -0.2) is 12.1 Å². The Balaban J connectivity index is 0. The molecule has 0 spiro atoms. The first-order chi connectivity index (χ1) is 14.3. The van der Waals surface area contributed by atoms with Gasteiger partial charge in [-0.1, -0.05) is 0 Å². The molecule has 0 aliphatic heterocycles. The molecule has 0 saturated carbocycles. The Kier molecular flexibility index (Phi) is 23.2. The molecule has 0 saturated heterocycles. The molecule has 0 nitrogen and oxygen atoms in total. The second-order valence-electron chi connectivity index (χ2n) is 8.04. The molecule has 0 atom stereocenters. The van der Waals surface area contributed by atoms with Crippen molar-refractivity contribution < 1.29 is 26.2 Å². The molecule has 161 valence electrons. The van der Waals surface area contributed by atoms with E-state index in [1.807, 2.05) is 91.0 Å². The van der Waals surface area contributed by atoms with Crippen molar-refractivity contribution in [3.63, 3.8) is 0 Å². The smallest absolute Gasteiger partial charge is 0.214 e. The number of hydrogen-bond donors (Lipinski definition) is 0. The molecule has 0 bridgehead atoms. The second kappa shape index (κ2) is 22.3. The van der Waals surface area contributed by atoms with Gasteiger partial charge in [0.15, 0.2) is 0 Å². The van der Waals surface area contributed by atoms with Gasteiger partial charge in [0.2, 0.25) is 0 Å². The van der Waals surface area contributed by atoms with Gasteiger partial charge in [0.25, 0.3) is 0 Å². The monoisotopic (exact) mass is 611 g/mol. The molecular formula is C28H37Ge2Zr. The Bertz CT molecular complexity index is 652. The Morgan fingerprint density at radius 2 is 0.968 bits per heavy atom. The first kappa shape index (κ1) is 32.3. The molecular weight excluding hydrogens is 573 g/mol. The molecule has 4 rings (SSSR count). The second-order valence-corrected chi connectivity index (χ2v) is 25.0. The van der Waals surface area contributed by atoms with Gasteiger partial charge >= 0.3 is 117 Å². The number of rotatable bonds is 1. The molecule has 4 aromatic carbocycles. The van der Waals surface area contributed by atoms with Crippen molar-refractivity contribution in [1.82, 2.24) is 0 Å². The average molecular weight is 610 g/mol. The zero-order chi connectivity index (χ0) is 22.5. The first-order valence-corrected chi connectivity index (χ1v) is 24.0. The summed E-state index contributed by atoms with van der Waals surface area (Å²) in [5.41, 5.74) is 0. The van der Waals surface area contributed by atoms with Crippen molar-refractivity contribution in [1.29, 1.82) is 0 Å². The van der Waals surface area contributed by atoms with Crippen LogP contribution in [0.2, 0.25) is 34.5 Å². The van der Waals surface area contributed by atoms with Gasteiger partial charge in [0.05, 0.1) is 0 Å². The van der Waals surface area contributed by atoms with Crippen LogP contribution in [-0.2, 0) is 26.2 Å². The van der Waals surface area contributed by atoms with Crippen molar-refractivity contribution >= 4 is 32.0 Å².